The van der Waals surface area contributed by atoms with Crippen molar-refractivity contribution >= 4 is 41.4 Å². The lowest BCUT2D eigenvalue weighted by atomic mass is 9.92. The van der Waals surface area contributed by atoms with Crippen molar-refractivity contribution in [3.8, 4) is 11.5 Å². The average Bonchev–Trinajstić information content (AvgIpc) is 3.25. The number of imide groups is 1. The summed E-state index contributed by atoms with van der Waals surface area (Å²) in [6, 6.07) is 8.81. The molecule has 0 bridgehead atoms. The van der Waals surface area contributed by atoms with Gasteiger partial charge in [-0.2, -0.15) is 0 Å². The second-order valence-electron chi connectivity index (χ2n) is 18.7. The molecule has 0 radical (unpaired) electrons. The summed E-state index contributed by atoms with van der Waals surface area (Å²) in [5.74, 6) is 0.0741. The smallest absolute Gasteiger partial charge is 0.327 e. The number of hydrogen-bond donors (Lipinski definition) is 4. The Hall–Kier alpha value is -5.55. The highest BCUT2D eigenvalue weighted by molar-refractivity contribution is 5.99. The van der Waals surface area contributed by atoms with Gasteiger partial charge in [0.1, 0.15) is 11.5 Å². The SMILES string of the molecule is C.Cc1cccc(C)c1OCC(=O)NC(C)C(O)CC(C)CC(=O)C(C)N1CCC(=O)N(C)C1=O.Cc1cccc(C)c1OCC(=O)NC(C)C(O)CC(C)CC(=O)C(C)N1CCCN(C)C1=O. The molecule has 2 fully saturated rings. The van der Waals surface area contributed by atoms with Gasteiger partial charge in [-0.05, 0) is 109 Å². The number of rotatable bonds is 22. The molecule has 0 aromatic heterocycles. The molecule has 7 amide bonds. The van der Waals surface area contributed by atoms with E-state index in [-0.39, 0.29) is 93.6 Å². The van der Waals surface area contributed by atoms with E-state index in [2.05, 4.69) is 10.6 Å². The van der Waals surface area contributed by atoms with Crippen molar-refractivity contribution < 1.29 is 53.2 Å². The number of aliphatic hydroxyl groups excluding tert-OH is 2. The number of nitrogens with one attached hydrogen (secondary N) is 2. The fourth-order valence-electron chi connectivity index (χ4n) is 8.27. The molecule has 4 rings (SSSR count). The Bertz CT molecular complexity index is 2010. The molecule has 2 aliphatic rings. The van der Waals surface area contributed by atoms with Crippen molar-refractivity contribution in [2.45, 2.75) is 152 Å². The second-order valence-corrected chi connectivity index (χ2v) is 18.7. The summed E-state index contributed by atoms with van der Waals surface area (Å²) in [4.78, 5) is 92.0. The van der Waals surface area contributed by atoms with E-state index in [4.69, 9.17) is 9.47 Å². The van der Waals surface area contributed by atoms with Gasteiger partial charge in [-0.3, -0.25) is 28.9 Å². The van der Waals surface area contributed by atoms with Crippen LogP contribution < -0.4 is 20.1 Å². The highest BCUT2D eigenvalue weighted by atomic mass is 16.5. The molecule has 8 atom stereocenters. The van der Waals surface area contributed by atoms with Crippen molar-refractivity contribution in [1.82, 2.24) is 30.2 Å². The molecule has 380 valence electrons. The van der Waals surface area contributed by atoms with Gasteiger partial charge in [0.25, 0.3) is 11.8 Å². The van der Waals surface area contributed by atoms with Crippen molar-refractivity contribution in [2.24, 2.45) is 11.8 Å². The highest BCUT2D eigenvalue weighted by Crippen LogP contribution is 2.24. The van der Waals surface area contributed by atoms with E-state index in [0.717, 1.165) is 33.6 Å². The number of nitrogens with zero attached hydrogens (tertiary/aromatic N) is 4. The zero-order chi connectivity index (χ0) is 50.3. The third kappa shape index (κ3) is 17.2. The molecule has 0 saturated carbocycles. The van der Waals surface area contributed by atoms with Crippen LogP contribution in [0.5, 0.6) is 11.5 Å². The topological polar surface area (TPSA) is 215 Å². The van der Waals surface area contributed by atoms with Gasteiger partial charge in [0.05, 0.1) is 36.4 Å². The number of Topliss-reactive ketones (excluding diaryl/α,β-unsaturated/α-hetero) is 2. The standard InChI is InChI=1S/C25H37N3O6.C25H39N3O5.CH4/c1-15(13-21(30)19(5)28-11-10-23(32)27(6)25(28)33)12-20(29)18(4)26-22(31)14-34-24-16(2)8-7-9-17(24)3;1-16(14-22(30)20(5)28-12-8-11-27(6)25(28)32)13-21(29)19(4)26-23(31)15-33-24-17(2)9-7-10-18(24)3;/h7-9,15,18-20,29H,10-14H2,1-6H3,(H,26,31);7,9-10,16,19-21,29H,8,11-15H2,1-6H3,(H,26,31);1H4. The number of hydrogen-bond acceptors (Lipinski definition) is 11. The summed E-state index contributed by atoms with van der Waals surface area (Å²) in [5.41, 5.74) is 3.80. The van der Waals surface area contributed by atoms with E-state index in [1.807, 2.05) is 77.9 Å². The molecule has 2 heterocycles. The van der Waals surface area contributed by atoms with E-state index >= 15 is 0 Å². The first-order valence-corrected chi connectivity index (χ1v) is 23.4. The van der Waals surface area contributed by atoms with Crippen LogP contribution in [0.3, 0.4) is 0 Å². The Morgan fingerprint density at radius 2 is 1.00 bits per heavy atom. The summed E-state index contributed by atoms with van der Waals surface area (Å²) < 4.78 is 11.3. The van der Waals surface area contributed by atoms with E-state index in [9.17, 15) is 43.8 Å². The normalized spacial score (nSPS) is 17.5. The maximum atomic E-state index is 12.7. The summed E-state index contributed by atoms with van der Waals surface area (Å²) in [6.07, 6.45) is 0.516. The molecule has 17 nitrogen and oxygen atoms in total. The maximum Gasteiger partial charge on any atom is 0.327 e. The Labute approximate surface area is 404 Å². The van der Waals surface area contributed by atoms with Crippen LogP contribution in [0.2, 0.25) is 0 Å². The summed E-state index contributed by atoms with van der Waals surface area (Å²) >= 11 is 0. The van der Waals surface area contributed by atoms with Gasteiger partial charge < -0.3 is 45.0 Å². The molecule has 4 N–H and O–H groups in total. The number of amides is 7. The van der Waals surface area contributed by atoms with Gasteiger partial charge in [-0.25, -0.2) is 9.59 Å². The maximum absolute atomic E-state index is 12.7. The molecule has 17 heteroatoms. The molecule has 2 aromatic carbocycles. The van der Waals surface area contributed by atoms with Gasteiger partial charge in [-0.1, -0.05) is 57.7 Å². The van der Waals surface area contributed by atoms with Gasteiger partial charge >= 0.3 is 12.1 Å². The minimum absolute atomic E-state index is 0. The number of aliphatic hydroxyl groups is 2. The van der Waals surface area contributed by atoms with Crippen LogP contribution in [-0.4, -0.2) is 154 Å². The van der Waals surface area contributed by atoms with E-state index in [1.54, 1.807) is 44.5 Å². The Morgan fingerprint density at radius 1 is 0.618 bits per heavy atom. The van der Waals surface area contributed by atoms with Crippen LogP contribution in [-0.2, 0) is 24.0 Å². The van der Waals surface area contributed by atoms with Crippen LogP contribution in [0.15, 0.2) is 36.4 Å². The Kier molecular flexibility index (Phi) is 23.6. The summed E-state index contributed by atoms with van der Waals surface area (Å²) in [5, 5.41) is 26.6. The summed E-state index contributed by atoms with van der Waals surface area (Å²) in [6.45, 7) is 19.5. The van der Waals surface area contributed by atoms with E-state index < -0.39 is 42.4 Å². The molecular weight excluding hydrogens is 873 g/mol. The molecule has 0 aliphatic carbocycles. The summed E-state index contributed by atoms with van der Waals surface area (Å²) in [7, 11) is 3.16. The van der Waals surface area contributed by atoms with Crippen molar-refractivity contribution in [1.29, 1.82) is 0 Å². The molecule has 0 spiro atoms. The number of para-hydroxylation sites is 2. The highest BCUT2D eigenvalue weighted by Gasteiger charge is 2.35. The Morgan fingerprint density at radius 3 is 1.40 bits per heavy atom. The number of carbonyl (C=O) groups excluding carboxylic acids is 7. The number of benzene rings is 2. The average molecular weight is 953 g/mol. The van der Waals surface area contributed by atoms with Crippen molar-refractivity contribution in [2.75, 3.05) is 46.9 Å². The number of aryl methyl sites for hydroxylation is 4. The zero-order valence-corrected chi connectivity index (χ0v) is 41.7. The lowest BCUT2D eigenvalue weighted by Crippen LogP contribution is -2.55. The first-order chi connectivity index (χ1) is 31.4. The number of ketones is 2. The fourth-order valence-corrected chi connectivity index (χ4v) is 8.27. The lowest BCUT2D eigenvalue weighted by Gasteiger charge is -2.37. The Balaban J connectivity index is 0.000000460. The minimum atomic E-state index is -0.845. The zero-order valence-electron chi connectivity index (χ0n) is 41.7. The first kappa shape index (κ1) is 58.6. The number of urea groups is 2. The van der Waals surface area contributed by atoms with Gasteiger partial charge in [0.15, 0.2) is 24.8 Å². The lowest BCUT2D eigenvalue weighted by molar-refractivity contribution is -0.132. The second kappa shape index (κ2) is 27.4. The van der Waals surface area contributed by atoms with Gasteiger partial charge in [-0.15, -0.1) is 0 Å². The molecule has 2 aliphatic heterocycles. The largest absolute Gasteiger partial charge is 0.483 e. The monoisotopic (exact) mass is 953 g/mol. The minimum Gasteiger partial charge on any atom is -0.483 e. The predicted molar refractivity (Wildman–Crippen MR) is 261 cm³/mol. The van der Waals surface area contributed by atoms with Crippen molar-refractivity contribution in [3.05, 3.63) is 58.7 Å². The molecule has 2 aromatic rings. The van der Waals surface area contributed by atoms with Crippen LogP contribution >= 0.6 is 0 Å². The third-order valence-electron chi connectivity index (χ3n) is 12.6. The van der Waals surface area contributed by atoms with Crippen molar-refractivity contribution in [3.63, 3.8) is 0 Å². The fraction of sp³-hybridized carbons (Fsp3) is 0.627. The van der Waals surface area contributed by atoms with Crippen LogP contribution in [0.4, 0.5) is 9.59 Å². The quantitative estimate of drug-likeness (QED) is 0.115. The van der Waals surface area contributed by atoms with E-state index in [1.165, 1.54) is 11.9 Å². The molecule has 8 unspecified atom stereocenters. The van der Waals surface area contributed by atoms with Crippen LogP contribution in [0, 0.1) is 39.5 Å². The van der Waals surface area contributed by atoms with Gasteiger partial charge in [0.2, 0.25) is 5.91 Å². The third-order valence-corrected chi connectivity index (χ3v) is 12.6. The van der Waals surface area contributed by atoms with Gasteiger partial charge in [0, 0.05) is 53.0 Å². The molecular formula is C51H80N6O11. The predicted octanol–water partition coefficient (Wildman–Crippen LogP) is 5.52. The van der Waals surface area contributed by atoms with Crippen LogP contribution in [0.1, 0.15) is 110 Å². The molecule has 2 saturated heterocycles. The number of carbonyl (C=O) groups is 7. The number of ether oxygens (including phenoxy) is 2. The first-order valence-electron chi connectivity index (χ1n) is 23.4. The molecule has 68 heavy (non-hydrogen) atoms. The van der Waals surface area contributed by atoms with E-state index in [0.29, 0.717) is 37.4 Å². The van der Waals surface area contributed by atoms with Crippen LogP contribution in [0.25, 0.3) is 0 Å².